The zero-order valence-electron chi connectivity index (χ0n) is 15.2. The topological polar surface area (TPSA) is 77.7 Å². The fraction of sp³-hybridized carbons (Fsp3) is 0.263. The first-order chi connectivity index (χ1) is 12.8. The predicted molar refractivity (Wildman–Crippen MR) is 105 cm³/mol. The molecule has 1 aromatic heterocycles. The van der Waals surface area contributed by atoms with Gasteiger partial charge in [0.2, 0.25) is 4.80 Å². The summed E-state index contributed by atoms with van der Waals surface area (Å²) in [5.41, 5.74) is 1.88. The average Bonchev–Trinajstić information content (AvgIpc) is 2.98. The molecule has 0 aliphatic carbocycles. The summed E-state index contributed by atoms with van der Waals surface area (Å²) >= 11 is 1.24. The Bertz CT molecular complexity index is 1140. The summed E-state index contributed by atoms with van der Waals surface area (Å²) in [7, 11) is -2.59. The molecule has 0 bridgehead atoms. The fourth-order valence-electron chi connectivity index (χ4n) is 2.61. The van der Waals surface area contributed by atoms with E-state index in [2.05, 4.69) is 18.2 Å². The molecule has 142 valence electrons. The Morgan fingerprint density at radius 1 is 1.19 bits per heavy atom. The summed E-state index contributed by atoms with van der Waals surface area (Å²) in [4.78, 5) is 12.2. The normalized spacial score (nSPS) is 12.7. The highest BCUT2D eigenvalue weighted by atomic mass is 32.2. The monoisotopic (exact) mass is 404 g/mol. The maximum atomic E-state index is 12.7. The third kappa shape index (κ3) is 4.12. The van der Waals surface area contributed by atoms with E-state index in [0.717, 1.165) is 15.8 Å². The molecule has 0 saturated heterocycles. The van der Waals surface area contributed by atoms with Crippen LogP contribution in [0.2, 0.25) is 0 Å². The maximum Gasteiger partial charge on any atom is 0.325 e. The van der Waals surface area contributed by atoms with Crippen molar-refractivity contribution in [2.75, 3.05) is 7.11 Å². The molecule has 0 spiro atoms. The van der Waals surface area contributed by atoms with E-state index in [-0.39, 0.29) is 16.2 Å². The first-order valence-electron chi connectivity index (χ1n) is 8.38. The molecular formula is C19H20N2O4S2. The van der Waals surface area contributed by atoms with Gasteiger partial charge in [-0.1, -0.05) is 49.4 Å². The lowest BCUT2D eigenvalue weighted by molar-refractivity contribution is -0.141. The van der Waals surface area contributed by atoms with E-state index in [9.17, 15) is 13.2 Å². The number of aromatic nitrogens is 1. The molecule has 0 radical (unpaired) electrons. The Morgan fingerprint density at radius 2 is 1.89 bits per heavy atom. The van der Waals surface area contributed by atoms with Gasteiger partial charge in [0.1, 0.15) is 6.54 Å². The number of thiazole rings is 1. The van der Waals surface area contributed by atoms with E-state index in [1.165, 1.54) is 30.6 Å². The molecule has 0 unspecified atom stereocenters. The second-order valence-corrected chi connectivity index (χ2v) is 8.92. The van der Waals surface area contributed by atoms with Crippen LogP contribution in [-0.4, -0.2) is 26.1 Å². The lowest BCUT2D eigenvalue weighted by Crippen LogP contribution is -2.22. The minimum atomic E-state index is -3.89. The SMILES string of the molecule is COC(=O)Cn1/c(=N/S(=O)(=O)c2ccccc2)sc2cc(C(C)C)ccc21. The van der Waals surface area contributed by atoms with Crippen LogP contribution in [0, 0.1) is 0 Å². The Labute approximate surface area is 161 Å². The number of fused-ring (bicyclic) bond motifs is 1. The number of ether oxygens (including phenoxy) is 1. The molecular weight excluding hydrogens is 384 g/mol. The second kappa shape index (κ2) is 7.66. The fourth-order valence-corrected chi connectivity index (χ4v) is 4.92. The van der Waals surface area contributed by atoms with Gasteiger partial charge in [0.25, 0.3) is 10.0 Å². The van der Waals surface area contributed by atoms with Gasteiger partial charge >= 0.3 is 5.97 Å². The van der Waals surface area contributed by atoms with Crippen LogP contribution in [0.25, 0.3) is 10.2 Å². The van der Waals surface area contributed by atoms with Crippen LogP contribution in [0.5, 0.6) is 0 Å². The van der Waals surface area contributed by atoms with Crippen LogP contribution in [0.4, 0.5) is 0 Å². The number of carbonyl (C=O) groups is 1. The molecule has 0 amide bonds. The van der Waals surface area contributed by atoms with Gasteiger partial charge in [0.15, 0.2) is 0 Å². The van der Waals surface area contributed by atoms with Gasteiger partial charge < -0.3 is 9.30 Å². The molecule has 27 heavy (non-hydrogen) atoms. The van der Waals surface area contributed by atoms with E-state index >= 15 is 0 Å². The van der Waals surface area contributed by atoms with Crippen LogP contribution < -0.4 is 4.80 Å². The summed E-state index contributed by atoms with van der Waals surface area (Å²) in [5, 5.41) is 0. The summed E-state index contributed by atoms with van der Waals surface area (Å²) in [6, 6.07) is 13.9. The van der Waals surface area contributed by atoms with Crippen LogP contribution in [0.15, 0.2) is 57.8 Å². The van der Waals surface area contributed by atoms with Crippen LogP contribution in [-0.2, 0) is 26.1 Å². The molecule has 2 aromatic carbocycles. The largest absolute Gasteiger partial charge is 0.468 e. The van der Waals surface area contributed by atoms with Crippen molar-refractivity contribution in [1.82, 2.24) is 4.57 Å². The van der Waals surface area contributed by atoms with Crippen LogP contribution in [0.3, 0.4) is 0 Å². The molecule has 3 rings (SSSR count). The Balaban J connectivity index is 2.24. The van der Waals surface area contributed by atoms with Crippen molar-refractivity contribution in [2.45, 2.75) is 31.2 Å². The molecule has 6 nitrogen and oxygen atoms in total. The summed E-state index contributed by atoms with van der Waals surface area (Å²) in [5.74, 6) is -0.139. The highest BCUT2D eigenvalue weighted by Gasteiger charge is 2.16. The first-order valence-corrected chi connectivity index (χ1v) is 10.6. The molecule has 0 N–H and O–H groups in total. The molecule has 0 aliphatic rings. The molecule has 0 atom stereocenters. The molecule has 0 aliphatic heterocycles. The van der Waals surface area contributed by atoms with Gasteiger partial charge in [0.05, 0.1) is 22.2 Å². The molecule has 1 heterocycles. The highest BCUT2D eigenvalue weighted by molar-refractivity contribution is 7.90. The van der Waals surface area contributed by atoms with Crippen molar-refractivity contribution >= 4 is 37.5 Å². The zero-order valence-corrected chi connectivity index (χ0v) is 16.9. The number of hydrogen-bond donors (Lipinski definition) is 0. The Hall–Kier alpha value is -2.45. The van der Waals surface area contributed by atoms with Gasteiger partial charge in [-0.15, -0.1) is 4.40 Å². The third-order valence-electron chi connectivity index (χ3n) is 4.13. The summed E-state index contributed by atoms with van der Waals surface area (Å²) < 4.78 is 36.6. The highest BCUT2D eigenvalue weighted by Crippen LogP contribution is 2.24. The van der Waals surface area contributed by atoms with E-state index in [1.807, 2.05) is 18.2 Å². The number of rotatable bonds is 5. The molecule has 3 aromatic rings. The van der Waals surface area contributed by atoms with Crippen molar-refractivity contribution in [1.29, 1.82) is 0 Å². The predicted octanol–water partition coefficient (Wildman–Crippen LogP) is 3.29. The van der Waals surface area contributed by atoms with Gasteiger partial charge in [-0.05, 0) is 35.7 Å². The standard InChI is InChI=1S/C19H20N2O4S2/c1-13(2)14-9-10-16-17(11-14)26-19(21(16)12-18(22)25-3)20-27(23,24)15-7-5-4-6-8-15/h4-11,13H,12H2,1-3H3/b20-19-. The van der Waals surface area contributed by atoms with Gasteiger partial charge in [-0.3, -0.25) is 4.79 Å². The molecule has 0 saturated carbocycles. The summed E-state index contributed by atoms with van der Waals surface area (Å²) in [6.45, 7) is 4.06. The second-order valence-electron chi connectivity index (χ2n) is 6.31. The molecule has 0 fully saturated rings. The average molecular weight is 405 g/mol. The number of hydrogen-bond acceptors (Lipinski definition) is 5. The number of esters is 1. The quantitative estimate of drug-likeness (QED) is 0.612. The zero-order chi connectivity index (χ0) is 19.6. The number of methoxy groups -OCH3 is 1. The van der Waals surface area contributed by atoms with Crippen molar-refractivity contribution in [3.8, 4) is 0 Å². The number of carbonyl (C=O) groups excluding carboxylic acids is 1. The minimum Gasteiger partial charge on any atom is -0.468 e. The van der Waals surface area contributed by atoms with Gasteiger partial charge in [-0.2, -0.15) is 8.42 Å². The Morgan fingerprint density at radius 3 is 2.52 bits per heavy atom. The van der Waals surface area contributed by atoms with Crippen molar-refractivity contribution in [3.05, 3.63) is 58.9 Å². The number of sulfonamides is 1. The van der Waals surface area contributed by atoms with Crippen LogP contribution in [0.1, 0.15) is 25.3 Å². The van der Waals surface area contributed by atoms with Crippen LogP contribution >= 0.6 is 11.3 Å². The lowest BCUT2D eigenvalue weighted by Gasteiger charge is -2.06. The lowest BCUT2D eigenvalue weighted by atomic mass is 10.0. The molecule has 8 heteroatoms. The third-order valence-corrected chi connectivity index (χ3v) is 6.57. The minimum absolute atomic E-state index is 0.106. The number of benzene rings is 2. The Kier molecular flexibility index (Phi) is 5.48. The van der Waals surface area contributed by atoms with Gasteiger partial charge in [0, 0.05) is 0 Å². The maximum absolute atomic E-state index is 12.7. The first kappa shape index (κ1) is 19.3. The van der Waals surface area contributed by atoms with E-state index in [4.69, 9.17) is 4.74 Å². The number of nitrogens with zero attached hydrogens (tertiary/aromatic N) is 2. The van der Waals surface area contributed by atoms with E-state index in [1.54, 1.807) is 22.8 Å². The summed E-state index contributed by atoms with van der Waals surface area (Å²) in [6.07, 6.45) is 0. The van der Waals surface area contributed by atoms with Crippen molar-refractivity contribution in [3.63, 3.8) is 0 Å². The van der Waals surface area contributed by atoms with Crippen molar-refractivity contribution < 1.29 is 17.9 Å². The van der Waals surface area contributed by atoms with Gasteiger partial charge in [-0.25, -0.2) is 0 Å². The smallest absolute Gasteiger partial charge is 0.325 e. The van der Waals surface area contributed by atoms with Crippen molar-refractivity contribution in [2.24, 2.45) is 4.40 Å². The van der Waals surface area contributed by atoms with E-state index < -0.39 is 16.0 Å². The van der Waals surface area contributed by atoms with E-state index in [0.29, 0.717) is 5.92 Å².